The molecule has 6 heteroatoms. The first-order chi connectivity index (χ1) is 13.8. The molecule has 0 aliphatic rings. The van der Waals surface area contributed by atoms with Crippen molar-refractivity contribution in [2.75, 3.05) is 19.0 Å². The van der Waals surface area contributed by atoms with Crippen LogP contribution in [0.15, 0.2) is 83.8 Å². The number of hydrogen-bond donors (Lipinski definition) is 0. The third-order valence-corrected chi connectivity index (χ3v) is 6.48. The molecular weight excluding hydrogens is 384 g/mol. The maximum Gasteiger partial charge on any atom is 0.258 e. The smallest absolute Gasteiger partial charge is 0.258 e. The maximum atomic E-state index is 13.3. The van der Waals surface area contributed by atoms with E-state index in [1.54, 1.807) is 17.0 Å². The van der Waals surface area contributed by atoms with E-state index in [1.807, 2.05) is 61.5 Å². The van der Waals surface area contributed by atoms with Crippen LogP contribution >= 0.6 is 0 Å². The summed E-state index contributed by atoms with van der Waals surface area (Å²) in [5.41, 5.74) is 3.33. The van der Waals surface area contributed by atoms with Crippen molar-refractivity contribution in [1.82, 2.24) is 4.31 Å². The van der Waals surface area contributed by atoms with Crippen LogP contribution < -0.4 is 4.90 Å². The molecule has 0 aromatic heterocycles. The third kappa shape index (κ3) is 4.72. The van der Waals surface area contributed by atoms with E-state index in [0.717, 1.165) is 21.1 Å². The van der Waals surface area contributed by atoms with Crippen molar-refractivity contribution in [2.45, 2.75) is 18.4 Å². The third-order valence-electron chi connectivity index (χ3n) is 4.65. The fraction of sp³-hybridized carbons (Fsp3) is 0.174. The predicted octanol–water partition coefficient (Wildman–Crippen LogP) is 4.09. The molecular formula is C23H24N2O3S. The van der Waals surface area contributed by atoms with Crippen molar-refractivity contribution in [1.29, 1.82) is 0 Å². The molecule has 0 spiro atoms. The van der Waals surface area contributed by atoms with Crippen molar-refractivity contribution >= 4 is 21.6 Å². The molecule has 0 unspecified atom stereocenters. The molecule has 0 atom stereocenters. The van der Waals surface area contributed by atoms with Gasteiger partial charge in [0.2, 0.25) is 10.0 Å². The highest BCUT2D eigenvalue weighted by molar-refractivity contribution is 7.89. The van der Waals surface area contributed by atoms with Crippen LogP contribution in [0.5, 0.6) is 0 Å². The lowest BCUT2D eigenvalue weighted by atomic mass is 10.1. The van der Waals surface area contributed by atoms with Crippen LogP contribution in [0, 0.1) is 6.92 Å². The van der Waals surface area contributed by atoms with Crippen molar-refractivity contribution in [3.63, 3.8) is 0 Å². The quantitative estimate of drug-likeness (QED) is 0.617. The topological polar surface area (TPSA) is 57.7 Å². The van der Waals surface area contributed by atoms with E-state index < -0.39 is 10.0 Å². The van der Waals surface area contributed by atoms with E-state index in [4.69, 9.17) is 0 Å². The molecule has 0 aliphatic carbocycles. The Morgan fingerprint density at radius 1 is 0.828 bits per heavy atom. The number of hydrogen-bond acceptors (Lipinski definition) is 3. The molecule has 0 fully saturated rings. The first-order valence-corrected chi connectivity index (χ1v) is 10.7. The first-order valence-electron chi connectivity index (χ1n) is 9.24. The van der Waals surface area contributed by atoms with Gasteiger partial charge in [0.15, 0.2) is 0 Å². The second-order valence-electron chi connectivity index (χ2n) is 7.02. The molecule has 0 radical (unpaired) electrons. The lowest BCUT2D eigenvalue weighted by Gasteiger charge is -2.23. The van der Waals surface area contributed by atoms with Gasteiger partial charge in [-0.25, -0.2) is 12.7 Å². The lowest BCUT2D eigenvalue weighted by molar-refractivity contribution is 0.0985. The van der Waals surface area contributed by atoms with Crippen LogP contribution in [0.1, 0.15) is 21.5 Å². The van der Waals surface area contributed by atoms with Gasteiger partial charge in [0, 0.05) is 25.3 Å². The van der Waals surface area contributed by atoms with Crippen LogP contribution in [0.25, 0.3) is 0 Å². The van der Waals surface area contributed by atoms with Gasteiger partial charge >= 0.3 is 0 Å². The summed E-state index contributed by atoms with van der Waals surface area (Å²) in [4.78, 5) is 15.2. The minimum absolute atomic E-state index is 0.156. The number of carbonyl (C=O) groups excluding carboxylic acids is 1. The summed E-state index contributed by atoms with van der Waals surface area (Å²) < 4.78 is 25.7. The van der Waals surface area contributed by atoms with Gasteiger partial charge in [0.1, 0.15) is 0 Å². The standard InChI is InChI=1S/C23H24N2O3S/c1-18-9-13-21(14-10-18)25(17-19-7-5-4-6-8-19)23(26)20-11-15-22(16-12-20)29(27,28)24(2)3/h4-16H,17H2,1-3H3. The molecule has 150 valence electrons. The molecule has 0 saturated heterocycles. The highest BCUT2D eigenvalue weighted by atomic mass is 32.2. The average molecular weight is 409 g/mol. The molecule has 0 N–H and O–H groups in total. The summed E-state index contributed by atoms with van der Waals surface area (Å²) in [6.07, 6.45) is 0. The number of anilines is 1. The largest absolute Gasteiger partial charge is 0.304 e. The molecule has 0 bridgehead atoms. The maximum absolute atomic E-state index is 13.3. The van der Waals surface area contributed by atoms with Crippen LogP contribution in [0.2, 0.25) is 0 Å². The summed E-state index contributed by atoms with van der Waals surface area (Å²) >= 11 is 0. The summed E-state index contributed by atoms with van der Waals surface area (Å²) in [6, 6.07) is 23.6. The van der Waals surface area contributed by atoms with Gasteiger partial charge in [-0.1, -0.05) is 48.0 Å². The fourth-order valence-electron chi connectivity index (χ4n) is 2.91. The Kier molecular flexibility index (Phi) is 6.15. The van der Waals surface area contributed by atoms with E-state index >= 15 is 0 Å². The van der Waals surface area contributed by atoms with Crippen LogP contribution in [-0.4, -0.2) is 32.7 Å². The molecule has 1 amide bonds. The van der Waals surface area contributed by atoms with Gasteiger partial charge in [-0.2, -0.15) is 0 Å². The van der Waals surface area contributed by atoms with Crippen molar-refractivity contribution in [2.24, 2.45) is 0 Å². The molecule has 3 aromatic rings. The molecule has 0 saturated carbocycles. The number of amides is 1. The van der Waals surface area contributed by atoms with Crippen molar-refractivity contribution < 1.29 is 13.2 Å². The van der Waals surface area contributed by atoms with Gasteiger partial charge in [-0.15, -0.1) is 0 Å². The Balaban J connectivity index is 1.95. The van der Waals surface area contributed by atoms with Crippen molar-refractivity contribution in [3.05, 3.63) is 95.6 Å². The molecule has 5 nitrogen and oxygen atoms in total. The summed E-state index contributed by atoms with van der Waals surface area (Å²) in [5.74, 6) is -0.188. The Morgan fingerprint density at radius 3 is 1.97 bits per heavy atom. The average Bonchev–Trinajstić information content (AvgIpc) is 2.73. The van der Waals surface area contributed by atoms with E-state index in [1.165, 1.54) is 26.2 Å². The summed E-state index contributed by atoms with van der Waals surface area (Å²) in [7, 11) is -0.578. The van der Waals surface area contributed by atoms with Crippen LogP contribution in [-0.2, 0) is 16.6 Å². The second-order valence-corrected chi connectivity index (χ2v) is 9.18. The Hall–Kier alpha value is -2.96. The number of carbonyl (C=O) groups is 1. The molecule has 3 aromatic carbocycles. The normalized spacial score (nSPS) is 11.4. The molecule has 0 heterocycles. The number of sulfonamides is 1. The van der Waals surface area contributed by atoms with Gasteiger partial charge < -0.3 is 4.90 Å². The fourth-order valence-corrected chi connectivity index (χ4v) is 3.81. The minimum atomic E-state index is -3.54. The highest BCUT2D eigenvalue weighted by Crippen LogP contribution is 2.22. The van der Waals surface area contributed by atoms with E-state index in [9.17, 15) is 13.2 Å². The summed E-state index contributed by atoms with van der Waals surface area (Å²) in [6.45, 7) is 2.41. The van der Waals surface area contributed by atoms with Gasteiger partial charge in [-0.3, -0.25) is 4.79 Å². The van der Waals surface area contributed by atoms with E-state index in [2.05, 4.69) is 0 Å². The zero-order valence-corrected chi connectivity index (χ0v) is 17.6. The second kappa shape index (κ2) is 8.59. The minimum Gasteiger partial charge on any atom is -0.304 e. The Morgan fingerprint density at radius 2 is 1.41 bits per heavy atom. The molecule has 29 heavy (non-hydrogen) atoms. The lowest BCUT2D eigenvalue weighted by Crippen LogP contribution is -2.30. The number of rotatable bonds is 6. The van der Waals surface area contributed by atoms with E-state index in [0.29, 0.717) is 12.1 Å². The highest BCUT2D eigenvalue weighted by Gasteiger charge is 2.21. The van der Waals surface area contributed by atoms with Gasteiger partial charge in [0.25, 0.3) is 5.91 Å². The predicted molar refractivity (Wildman–Crippen MR) is 115 cm³/mol. The van der Waals surface area contributed by atoms with Crippen LogP contribution in [0.3, 0.4) is 0 Å². The van der Waals surface area contributed by atoms with Gasteiger partial charge in [0.05, 0.1) is 11.4 Å². The Bertz CT molecular complexity index is 1080. The number of nitrogens with zero attached hydrogens (tertiary/aromatic N) is 2. The molecule has 0 aliphatic heterocycles. The SMILES string of the molecule is Cc1ccc(N(Cc2ccccc2)C(=O)c2ccc(S(=O)(=O)N(C)C)cc2)cc1. The zero-order chi connectivity index (χ0) is 21.0. The number of aryl methyl sites for hydroxylation is 1. The zero-order valence-electron chi connectivity index (χ0n) is 16.7. The van der Waals surface area contributed by atoms with Gasteiger partial charge in [-0.05, 0) is 48.9 Å². The first kappa shape index (κ1) is 20.8. The van der Waals surface area contributed by atoms with Crippen molar-refractivity contribution in [3.8, 4) is 0 Å². The van der Waals surface area contributed by atoms with Crippen LogP contribution in [0.4, 0.5) is 5.69 Å². The summed E-state index contributed by atoms with van der Waals surface area (Å²) in [5, 5.41) is 0. The Labute approximate surface area is 172 Å². The van der Waals surface area contributed by atoms with E-state index in [-0.39, 0.29) is 10.8 Å². The monoisotopic (exact) mass is 408 g/mol. The number of benzene rings is 3. The molecule has 3 rings (SSSR count).